The average molecular weight is 242 g/mol. The van der Waals surface area contributed by atoms with E-state index in [4.69, 9.17) is 4.74 Å². The van der Waals surface area contributed by atoms with Crippen molar-refractivity contribution in [1.29, 1.82) is 0 Å². The Morgan fingerprint density at radius 3 is 2.76 bits per heavy atom. The van der Waals surface area contributed by atoms with E-state index in [1.54, 1.807) is 0 Å². The van der Waals surface area contributed by atoms with Crippen LogP contribution in [0.4, 0.5) is 5.69 Å². The monoisotopic (exact) mass is 242 g/mol. The Bertz CT molecular complexity index is 427. The van der Waals surface area contributed by atoms with Gasteiger partial charge in [-0.1, -0.05) is 0 Å². The number of nitrogens with zero attached hydrogens (tertiary/aromatic N) is 4. The molecule has 1 heterocycles. The van der Waals surface area contributed by atoms with Gasteiger partial charge in [-0.05, 0) is 0 Å². The maximum Gasteiger partial charge on any atom is 0.320 e. The van der Waals surface area contributed by atoms with Crippen LogP contribution >= 0.6 is 0 Å². The van der Waals surface area contributed by atoms with Gasteiger partial charge < -0.3 is 9.64 Å². The molecule has 94 valence electrons. The summed E-state index contributed by atoms with van der Waals surface area (Å²) in [6.07, 6.45) is 1.08. The number of rotatable bonds is 5. The second-order valence-corrected chi connectivity index (χ2v) is 3.55. The largest absolute Gasteiger partial charge is 0.383 e. The first-order chi connectivity index (χ1) is 7.99. The molecular formula is C9H14N4O4. The van der Waals surface area contributed by atoms with Gasteiger partial charge in [-0.3, -0.25) is 19.6 Å². The number of methoxy groups -OCH3 is 1. The molecule has 0 bridgehead atoms. The van der Waals surface area contributed by atoms with Crippen LogP contribution < -0.4 is 0 Å². The molecule has 0 N–H and O–H groups in total. The van der Waals surface area contributed by atoms with Gasteiger partial charge in [0.1, 0.15) is 6.20 Å². The molecule has 1 aromatic rings. The van der Waals surface area contributed by atoms with Crippen molar-refractivity contribution < 1.29 is 14.5 Å². The third-order valence-corrected chi connectivity index (χ3v) is 2.13. The van der Waals surface area contributed by atoms with Crippen LogP contribution in [0, 0.1) is 10.1 Å². The lowest BCUT2D eigenvalue weighted by Gasteiger charge is -2.11. The highest BCUT2D eigenvalue weighted by Crippen LogP contribution is 2.18. The van der Waals surface area contributed by atoms with Crippen LogP contribution in [0.1, 0.15) is 10.5 Å². The number of hydrogen-bond acceptors (Lipinski definition) is 5. The molecular weight excluding hydrogens is 228 g/mol. The molecule has 0 fully saturated rings. The quantitative estimate of drug-likeness (QED) is 0.541. The summed E-state index contributed by atoms with van der Waals surface area (Å²) in [7, 11) is 4.56. The van der Waals surface area contributed by atoms with E-state index in [-0.39, 0.29) is 11.4 Å². The van der Waals surface area contributed by atoms with E-state index < -0.39 is 10.8 Å². The van der Waals surface area contributed by atoms with E-state index in [1.165, 1.54) is 30.8 Å². The smallest absolute Gasteiger partial charge is 0.320 e. The van der Waals surface area contributed by atoms with E-state index in [0.29, 0.717) is 13.2 Å². The van der Waals surface area contributed by atoms with Gasteiger partial charge in [0.05, 0.1) is 18.1 Å². The van der Waals surface area contributed by atoms with Gasteiger partial charge in [-0.15, -0.1) is 0 Å². The molecule has 0 saturated carbocycles. The molecule has 0 aromatic carbocycles. The summed E-state index contributed by atoms with van der Waals surface area (Å²) >= 11 is 0. The van der Waals surface area contributed by atoms with Crippen LogP contribution in [0.5, 0.6) is 0 Å². The fourth-order valence-electron chi connectivity index (χ4n) is 1.29. The number of ether oxygens (including phenoxy) is 1. The minimum atomic E-state index is -0.618. The van der Waals surface area contributed by atoms with Gasteiger partial charge in [0.2, 0.25) is 5.69 Å². The molecule has 0 spiro atoms. The molecule has 0 aliphatic rings. The Kier molecular flexibility index (Phi) is 4.16. The van der Waals surface area contributed by atoms with Crippen molar-refractivity contribution in [3.63, 3.8) is 0 Å². The molecule has 0 unspecified atom stereocenters. The summed E-state index contributed by atoms with van der Waals surface area (Å²) < 4.78 is 6.14. The van der Waals surface area contributed by atoms with Crippen molar-refractivity contribution in [2.24, 2.45) is 0 Å². The lowest BCUT2D eigenvalue weighted by Crippen LogP contribution is -2.26. The number of amides is 1. The Morgan fingerprint density at radius 2 is 2.29 bits per heavy atom. The first kappa shape index (κ1) is 13.1. The summed E-state index contributed by atoms with van der Waals surface area (Å²) in [4.78, 5) is 23.3. The molecule has 1 amide bonds. The van der Waals surface area contributed by atoms with Crippen LogP contribution in [-0.4, -0.2) is 53.3 Å². The molecule has 1 rings (SSSR count). The Labute approximate surface area is 97.9 Å². The van der Waals surface area contributed by atoms with Gasteiger partial charge in [0, 0.05) is 21.2 Å². The highest BCUT2D eigenvalue weighted by Gasteiger charge is 2.27. The van der Waals surface area contributed by atoms with Crippen molar-refractivity contribution in [2.45, 2.75) is 6.54 Å². The van der Waals surface area contributed by atoms with Gasteiger partial charge in [0.25, 0.3) is 5.91 Å². The number of carbonyl (C=O) groups excluding carboxylic acids is 1. The fourth-order valence-corrected chi connectivity index (χ4v) is 1.29. The number of carbonyl (C=O) groups is 1. The van der Waals surface area contributed by atoms with Crippen LogP contribution in [0.2, 0.25) is 0 Å². The minimum Gasteiger partial charge on any atom is -0.383 e. The van der Waals surface area contributed by atoms with E-state index in [0.717, 1.165) is 6.20 Å². The van der Waals surface area contributed by atoms with Gasteiger partial charge in [-0.2, -0.15) is 5.10 Å². The third-order valence-electron chi connectivity index (χ3n) is 2.13. The van der Waals surface area contributed by atoms with Crippen LogP contribution in [0.25, 0.3) is 0 Å². The van der Waals surface area contributed by atoms with Crippen molar-refractivity contribution in [3.05, 3.63) is 22.0 Å². The van der Waals surface area contributed by atoms with Crippen molar-refractivity contribution in [1.82, 2.24) is 14.7 Å². The Balaban J connectivity index is 3.14. The number of hydrogen-bond donors (Lipinski definition) is 0. The average Bonchev–Trinajstić information content (AvgIpc) is 2.68. The Hall–Kier alpha value is -1.96. The maximum absolute atomic E-state index is 11.8. The van der Waals surface area contributed by atoms with E-state index >= 15 is 0 Å². The summed E-state index contributed by atoms with van der Waals surface area (Å²) in [5, 5.41) is 14.6. The topological polar surface area (TPSA) is 90.5 Å². The van der Waals surface area contributed by atoms with Crippen molar-refractivity contribution in [3.8, 4) is 0 Å². The fraction of sp³-hybridized carbons (Fsp3) is 0.556. The Morgan fingerprint density at radius 1 is 1.65 bits per heavy atom. The first-order valence-corrected chi connectivity index (χ1v) is 4.89. The molecule has 8 heteroatoms. The van der Waals surface area contributed by atoms with E-state index in [9.17, 15) is 14.9 Å². The van der Waals surface area contributed by atoms with Crippen molar-refractivity contribution in [2.75, 3.05) is 27.8 Å². The lowest BCUT2D eigenvalue weighted by atomic mass is 10.3. The molecule has 0 atom stereocenters. The number of nitro groups is 1. The zero-order valence-corrected chi connectivity index (χ0v) is 9.91. The lowest BCUT2D eigenvalue weighted by molar-refractivity contribution is -0.385. The van der Waals surface area contributed by atoms with Crippen LogP contribution in [-0.2, 0) is 11.3 Å². The molecule has 8 nitrogen and oxygen atoms in total. The molecule has 0 radical (unpaired) electrons. The zero-order chi connectivity index (χ0) is 13.0. The standard InChI is InChI=1S/C9H14N4O4/c1-11(2)9(14)8-7(13(15)16)6-10-12(8)4-5-17-3/h6H,4-5H2,1-3H3. The van der Waals surface area contributed by atoms with E-state index in [1.807, 2.05) is 0 Å². The van der Waals surface area contributed by atoms with Crippen molar-refractivity contribution >= 4 is 11.6 Å². The summed E-state index contributed by atoms with van der Waals surface area (Å²) in [6.45, 7) is 0.617. The van der Waals surface area contributed by atoms with E-state index in [2.05, 4.69) is 5.10 Å². The predicted octanol–water partition coefficient (Wildman–Crippen LogP) is 0.139. The zero-order valence-electron chi connectivity index (χ0n) is 9.91. The first-order valence-electron chi connectivity index (χ1n) is 4.89. The molecule has 17 heavy (non-hydrogen) atoms. The summed E-state index contributed by atoms with van der Waals surface area (Å²) in [6, 6.07) is 0. The second-order valence-electron chi connectivity index (χ2n) is 3.55. The highest BCUT2D eigenvalue weighted by atomic mass is 16.6. The minimum absolute atomic E-state index is 0.0305. The van der Waals surface area contributed by atoms with Crippen LogP contribution in [0.3, 0.4) is 0 Å². The SMILES string of the molecule is COCCn1ncc([N+](=O)[O-])c1C(=O)N(C)C. The molecule has 0 saturated heterocycles. The predicted molar refractivity (Wildman–Crippen MR) is 58.8 cm³/mol. The third kappa shape index (κ3) is 2.78. The normalized spacial score (nSPS) is 10.3. The molecule has 0 aliphatic heterocycles. The number of aromatic nitrogens is 2. The van der Waals surface area contributed by atoms with Crippen LogP contribution in [0.15, 0.2) is 6.20 Å². The molecule has 1 aromatic heterocycles. The second kappa shape index (κ2) is 5.39. The highest BCUT2D eigenvalue weighted by molar-refractivity contribution is 5.96. The van der Waals surface area contributed by atoms with Gasteiger partial charge >= 0.3 is 5.69 Å². The molecule has 0 aliphatic carbocycles. The van der Waals surface area contributed by atoms with Gasteiger partial charge in [0.15, 0.2) is 0 Å². The summed E-state index contributed by atoms with van der Waals surface area (Å²) in [5.74, 6) is -0.453. The van der Waals surface area contributed by atoms with Gasteiger partial charge in [-0.25, -0.2) is 0 Å². The maximum atomic E-state index is 11.8. The summed E-state index contributed by atoms with van der Waals surface area (Å²) in [5.41, 5.74) is -0.322.